The lowest BCUT2D eigenvalue weighted by Crippen LogP contribution is -1.97. The Morgan fingerprint density at radius 3 is 0.674 bits per heavy atom. The van der Waals surface area contributed by atoms with Crippen LogP contribution in [-0.4, -0.2) is 11.6 Å². The fourth-order valence-corrected chi connectivity index (χ4v) is 5.96. The van der Waals surface area contributed by atoms with Crippen molar-refractivity contribution >= 4 is 11.6 Å². The van der Waals surface area contributed by atoms with Crippen molar-refractivity contribution in [1.82, 2.24) is 0 Å². The molecule has 43 heavy (non-hydrogen) atoms. The fraction of sp³-hybridized carbons (Fsp3) is 0.951. The van der Waals surface area contributed by atoms with Crippen LogP contribution in [-0.2, 0) is 9.59 Å². The smallest absolute Gasteiger partial charge is 0.132 e. The molecule has 0 radical (unpaired) electrons. The fourth-order valence-electron chi connectivity index (χ4n) is 5.96. The first kappa shape index (κ1) is 44.5. The third-order valence-corrected chi connectivity index (χ3v) is 9.00. The molecule has 0 spiro atoms. The second-order valence-electron chi connectivity index (χ2n) is 13.7. The topological polar surface area (TPSA) is 34.1 Å². The summed E-state index contributed by atoms with van der Waals surface area (Å²) in [6, 6.07) is 0. The van der Waals surface area contributed by atoms with Crippen LogP contribution in [0.3, 0.4) is 0 Å². The first-order valence-electron chi connectivity index (χ1n) is 20.1. The number of carbonyl (C=O) groups excluding carboxylic acids is 2. The maximum absolute atomic E-state index is 11.8. The molecule has 0 saturated carbocycles. The monoisotopic (exact) mass is 607 g/mol. The Balaban J connectivity index is 0. The van der Waals surface area contributed by atoms with Gasteiger partial charge in [-0.15, -0.1) is 0 Å². The van der Waals surface area contributed by atoms with Crippen LogP contribution in [0.15, 0.2) is 0 Å². The summed E-state index contributed by atoms with van der Waals surface area (Å²) in [5, 5.41) is 0. The molecular weight excluding hydrogens is 524 g/mol. The summed E-state index contributed by atoms with van der Waals surface area (Å²) in [6.45, 7) is 8.50. The number of carbonyl (C=O) groups is 2. The molecule has 0 amide bonds. The third kappa shape index (κ3) is 45.9. The molecule has 2 nitrogen and oxygen atoms in total. The molecule has 2 heteroatoms. The molecule has 0 aromatic heterocycles. The minimum atomic E-state index is 0.348. The predicted octanol–water partition coefficient (Wildman–Crippen LogP) is 14.8. The van der Waals surface area contributed by atoms with E-state index in [9.17, 15) is 9.59 Å². The molecule has 0 aromatic carbocycles. The summed E-state index contributed by atoms with van der Waals surface area (Å²) < 4.78 is 0. The van der Waals surface area contributed by atoms with Gasteiger partial charge in [0.2, 0.25) is 0 Å². The Morgan fingerprint density at radius 2 is 0.465 bits per heavy atom. The van der Waals surface area contributed by atoms with E-state index in [1.165, 1.54) is 186 Å². The number of ketones is 2. The Hall–Kier alpha value is -0.660. The summed E-state index contributed by atoms with van der Waals surface area (Å²) in [5.41, 5.74) is 0. The Bertz CT molecular complexity index is 526. The zero-order valence-corrected chi connectivity index (χ0v) is 30.6. The lowest BCUT2D eigenvalue weighted by Gasteiger charge is -2.03. The van der Waals surface area contributed by atoms with Crippen LogP contribution >= 0.6 is 0 Å². The van der Waals surface area contributed by atoms with Gasteiger partial charge in [0.25, 0.3) is 0 Å². The normalized spacial score (nSPS) is 11.0. The largest absolute Gasteiger partial charge is 0.300 e. The van der Waals surface area contributed by atoms with E-state index in [1.54, 1.807) is 6.92 Å². The van der Waals surface area contributed by atoms with E-state index in [2.05, 4.69) is 20.8 Å². The lowest BCUT2D eigenvalue weighted by atomic mass is 10.0. The molecule has 0 aromatic rings. The average molecular weight is 607 g/mol. The SMILES string of the molecule is CCCCCCCCCCC(=O)CCCCCCCCC.CCCCCCCCCCCCCCCCCCCC(C)=O. The summed E-state index contributed by atoms with van der Waals surface area (Å²) >= 11 is 0. The maximum Gasteiger partial charge on any atom is 0.132 e. The van der Waals surface area contributed by atoms with Crippen molar-refractivity contribution in [2.45, 2.75) is 252 Å². The van der Waals surface area contributed by atoms with Crippen LogP contribution < -0.4 is 0 Å². The van der Waals surface area contributed by atoms with E-state index >= 15 is 0 Å². The minimum Gasteiger partial charge on any atom is -0.300 e. The first-order chi connectivity index (χ1) is 21.1. The van der Waals surface area contributed by atoms with Crippen LogP contribution in [0.25, 0.3) is 0 Å². The molecule has 0 aliphatic carbocycles. The van der Waals surface area contributed by atoms with Gasteiger partial charge in [-0.1, -0.05) is 207 Å². The second kappa shape index (κ2) is 41.3. The highest BCUT2D eigenvalue weighted by atomic mass is 16.1. The van der Waals surface area contributed by atoms with Crippen molar-refractivity contribution < 1.29 is 9.59 Å². The summed E-state index contributed by atoms with van der Waals surface area (Å²) in [4.78, 5) is 22.6. The van der Waals surface area contributed by atoms with Gasteiger partial charge < -0.3 is 4.79 Å². The Morgan fingerprint density at radius 1 is 0.279 bits per heavy atom. The molecule has 0 rings (SSSR count). The van der Waals surface area contributed by atoms with Gasteiger partial charge in [-0.3, -0.25) is 4.79 Å². The molecular formula is C41H82O2. The molecule has 258 valence electrons. The number of Topliss-reactive ketones (excluding diaryl/α,β-unsaturated/α-hetero) is 2. The van der Waals surface area contributed by atoms with Crippen molar-refractivity contribution in [2.24, 2.45) is 0 Å². The van der Waals surface area contributed by atoms with Gasteiger partial charge in [0.05, 0.1) is 0 Å². The highest BCUT2D eigenvalue weighted by Crippen LogP contribution is 2.15. The number of rotatable bonds is 35. The Labute approximate surface area is 273 Å². The van der Waals surface area contributed by atoms with E-state index < -0.39 is 0 Å². The Kier molecular flexibility index (Phi) is 42.7. The summed E-state index contributed by atoms with van der Waals surface area (Å²) in [6.07, 6.45) is 45.9. The van der Waals surface area contributed by atoms with E-state index in [0.29, 0.717) is 11.6 Å². The molecule has 0 heterocycles. The van der Waals surface area contributed by atoms with Gasteiger partial charge in [0.15, 0.2) is 0 Å². The summed E-state index contributed by atoms with van der Waals surface area (Å²) in [5.74, 6) is 0.857. The standard InChI is InChI=1S/C21H42O.C20H40O/c1-3-4-5-6-7-8-9-10-11-12-13-14-15-16-17-18-19-20-21(2)22;1-3-5-7-9-11-13-15-17-19-20(21)18-16-14-12-10-8-6-4-2/h3-20H2,1-2H3;3-19H2,1-2H3. The zero-order chi connectivity index (χ0) is 31.9. The van der Waals surface area contributed by atoms with E-state index in [1.807, 2.05) is 0 Å². The highest BCUT2D eigenvalue weighted by molar-refractivity contribution is 5.78. The first-order valence-corrected chi connectivity index (χ1v) is 20.1. The van der Waals surface area contributed by atoms with Crippen molar-refractivity contribution in [3.63, 3.8) is 0 Å². The minimum absolute atomic E-state index is 0.348. The molecule has 0 saturated heterocycles. The van der Waals surface area contributed by atoms with Crippen LogP contribution in [0.5, 0.6) is 0 Å². The average Bonchev–Trinajstić information content (AvgIpc) is 3.00. The molecule has 0 bridgehead atoms. The quantitative estimate of drug-likeness (QED) is 0.0672. The zero-order valence-electron chi connectivity index (χ0n) is 30.6. The van der Waals surface area contributed by atoms with Gasteiger partial charge in [-0.25, -0.2) is 0 Å². The predicted molar refractivity (Wildman–Crippen MR) is 194 cm³/mol. The molecule has 0 unspecified atom stereocenters. The molecule has 0 fully saturated rings. The van der Waals surface area contributed by atoms with Crippen LogP contribution in [0, 0.1) is 0 Å². The van der Waals surface area contributed by atoms with E-state index in [0.717, 1.165) is 38.5 Å². The van der Waals surface area contributed by atoms with Gasteiger partial charge in [-0.2, -0.15) is 0 Å². The van der Waals surface area contributed by atoms with Crippen molar-refractivity contribution in [1.29, 1.82) is 0 Å². The van der Waals surface area contributed by atoms with Crippen LogP contribution in [0.1, 0.15) is 252 Å². The molecule has 0 atom stereocenters. The van der Waals surface area contributed by atoms with Gasteiger partial charge in [-0.05, 0) is 26.2 Å². The van der Waals surface area contributed by atoms with Gasteiger partial charge in [0, 0.05) is 19.3 Å². The molecule has 0 aliphatic rings. The maximum atomic E-state index is 11.8. The highest BCUT2D eigenvalue weighted by Gasteiger charge is 2.02. The van der Waals surface area contributed by atoms with Crippen molar-refractivity contribution in [2.75, 3.05) is 0 Å². The number of hydrogen-bond acceptors (Lipinski definition) is 2. The van der Waals surface area contributed by atoms with Gasteiger partial charge in [0.1, 0.15) is 11.6 Å². The van der Waals surface area contributed by atoms with Crippen LogP contribution in [0.4, 0.5) is 0 Å². The lowest BCUT2D eigenvalue weighted by molar-refractivity contribution is -0.119. The van der Waals surface area contributed by atoms with Gasteiger partial charge >= 0.3 is 0 Å². The number of hydrogen-bond donors (Lipinski definition) is 0. The van der Waals surface area contributed by atoms with Crippen LogP contribution in [0.2, 0.25) is 0 Å². The summed E-state index contributed by atoms with van der Waals surface area (Å²) in [7, 11) is 0. The second-order valence-corrected chi connectivity index (χ2v) is 13.7. The number of unbranched alkanes of at least 4 members (excludes halogenated alkanes) is 29. The molecule has 0 aliphatic heterocycles. The third-order valence-electron chi connectivity index (χ3n) is 9.00. The van der Waals surface area contributed by atoms with E-state index in [4.69, 9.17) is 0 Å². The molecule has 0 N–H and O–H groups in total. The van der Waals surface area contributed by atoms with E-state index in [-0.39, 0.29) is 0 Å². The van der Waals surface area contributed by atoms with Crippen molar-refractivity contribution in [3.05, 3.63) is 0 Å². The van der Waals surface area contributed by atoms with Crippen molar-refractivity contribution in [3.8, 4) is 0 Å².